The Bertz CT molecular complexity index is 5680. The Morgan fingerprint density at radius 3 is 1.31 bits per heavy atom. The quantitative estimate of drug-likeness (QED) is 0.0233. The molecule has 18 saturated heterocycles. The largest absolute Gasteiger partial charge is 0.455 e. The van der Waals surface area contributed by atoms with Crippen LogP contribution in [0.1, 0.15) is 129 Å². The molecular formula is C80H106N6O42S6. The van der Waals surface area contributed by atoms with Gasteiger partial charge in [0, 0.05) is 52.2 Å². The SMILES string of the molecule is C=C(C)C(=O)NCC(=O)OC1(C)C2(C)CC3C(O2)C1(C)OS3(=O)=O.C=C(C)C(=O)NCC(=O)OC1(C)C2CC3C(O2)C1OS3(=O)=O.C=C(C)C(=O)NCC(=O)OC1C2CC3C(C)(O2)C1OS3(=O)=O.C=C(C)C(=O)NCC(=O)OC1C2CC3C(O2)C1(C)OS3(=O)=O.C=C(C)C(=O)NCC(=O)OC1C2OC3C1OS(=O)(=O)C3C2C.C=C(C)C(=O)NCC(=O)OC1C2OS(=O)(=O)C3CC1(C)OC23. The molecule has 48 nitrogen and oxygen atoms in total. The molecule has 0 aromatic rings. The fraction of sp³-hybridized carbons (Fsp3) is 0.700. The molecule has 0 aliphatic carbocycles. The summed E-state index contributed by atoms with van der Waals surface area (Å²) in [6.45, 7) is 41.0. The summed E-state index contributed by atoms with van der Waals surface area (Å²) in [5.74, 6) is -7.12. The van der Waals surface area contributed by atoms with Gasteiger partial charge in [0.15, 0.2) is 46.8 Å². The second-order valence-electron chi connectivity index (χ2n) is 37.1. The number of carbonyl (C=O) groups excluding carboxylic acids is 12. The maximum atomic E-state index is 12.2. The molecule has 6 N–H and O–H groups in total. The maximum Gasteiger partial charge on any atom is 0.326 e. The first kappa shape index (κ1) is 103. The van der Waals surface area contributed by atoms with Crippen LogP contribution in [-0.4, -0.2) is 336 Å². The number of hydrogen-bond acceptors (Lipinski definition) is 42. The minimum absolute atomic E-state index is 0.192. The van der Waals surface area contributed by atoms with Crippen molar-refractivity contribution in [2.24, 2.45) is 5.92 Å². The lowest BCUT2D eigenvalue weighted by Gasteiger charge is -2.45. The molecule has 134 heavy (non-hydrogen) atoms. The Morgan fingerprint density at radius 1 is 0.358 bits per heavy atom. The van der Waals surface area contributed by atoms with E-state index in [1.54, 1.807) is 55.4 Å². The van der Waals surface area contributed by atoms with Crippen molar-refractivity contribution < 1.29 is 190 Å². The highest BCUT2D eigenvalue weighted by Crippen LogP contribution is 2.65. The zero-order chi connectivity index (χ0) is 99.5. The highest BCUT2D eigenvalue weighted by atomic mass is 32.2. The first-order valence-electron chi connectivity index (χ1n) is 42.1. The van der Waals surface area contributed by atoms with Crippen LogP contribution < -0.4 is 31.9 Å². The third-order valence-electron chi connectivity index (χ3n) is 27.1. The van der Waals surface area contributed by atoms with E-state index < -0.39 is 306 Å². The van der Waals surface area contributed by atoms with Crippen molar-refractivity contribution in [2.75, 3.05) is 39.3 Å². The monoisotopic (exact) mass is 2010 g/mol. The third-order valence-corrected chi connectivity index (χ3v) is 37.7. The van der Waals surface area contributed by atoms with Crippen LogP contribution in [0.3, 0.4) is 0 Å². The van der Waals surface area contributed by atoms with E-state index in [2.05, 4.69) is 71.4 Å². The fourth-order valence-electron chi connectivity index (χ4n) is 20.1. The van der Waals surface area contributed by atoms with E-state index in [1.165, 1.54) is 41.5 Å². The molecule has 0 spiro atoms. The van der Waals surface area contributed by atoms with Gasteiger partial charge in [0.25, 0.3) is 60.7 Å². The van der Waals surface area contributed by atoms with Gasteiger partial charge < -0.3 is 88.7 Å². The molecule has 18 rings (SSSR count). The van der Waals surface area contributed by atoms with E-state index in [0.29, 0.717) is 0 Å². The molecule has 0 saturated carbocycles. The van der Waals surface area contributed by atoms with E-state index >= 15 is 0 Å². The predicted molar refractivity (Wildman–Crippen MR) is 448 cm³/mol. The average Bonchev–Trinajstić information content (AvgIpc) is 1.48. The second-order valence-corrected chi connectivity index (χ2v) is 47.6. The lowest BCUT2D eigenvalue weighted by atomic mass is 9.67. The number of rotatable bonds is 24. The molecule has 31 unspecified atom stereocenters. The normalized spacial score (nSPS) is 41.1. The summed E-state index contributed by atoms with van der Waals surface area (Å²) >= 11 is 0. The van der Waals surface area contributed by atoms with Crippen molar-refractivity contribution in [3.05, 3.63) is 72.9 Å². The molecule has 18 aliphatic rings. The van der Waals surface area contributed by atoms with Crippen LogP contribution in [0.2, 0.25) is 0 Å². The van der Waals surface area contributed by atoms with Crippen LogP contribution in [0, 0.1) is 5.92 Å². The average molecular weight is 2020 g/mol. The van der Waals surface area contributed by atoms with Crippen molar-refractivity contribution in [3.63, 3.8) is 0 Å². The van der Waals surface area contributed by atoms with Crippen LogP contribution >= 0.6 is 0 Å². The number of amides is 6. The van der Waals surface area contributed by atoms with Gasteiger partial charge in [-0.15, -0.1) is 0 Å². The lowest BCUT2D eigenvalue weighted by Crippen LogP contribution is -2.64. The zero-order valence-corrected chi connectivity index (χ0v) is 79.9. The molecule has 744 valence electrons. The van der Waals surface area contributed by atoms with Gasteiger partial charge in [0.2, 0.25) is 35.4 Å². The zero-order valence-electron chi connectivity index (χ0n) is 75.0. The number of esters is 6. The van der Waals surface area contributed by atoms with Gasteiger partial charge in [-0.1, -0.05) is 46.4 Å². The van der Waals surface area contributed by atoms with Crippen LogP contribution in [0.15, 0.2) is 72.9 Å². The molecule has 54 heteroatoms. The van der Waals surface area contributed by atoms with E-state index in [-0.39, 0.29) is 111 Å². The minimum Gasteiger partial charge on any atom is -0.455 e. The molecule has 18 heterocycles. The van der Waals surface area contributed by atoms with Crippen molar-refractivity contribution in [1.29, 1.82) is 0 Å². The summed E-state index contributed by atoms with van der Waals surface area (Å²) in [5.41, 5.74) is -6.15. The van der Waals surface area contributed by atoms with E-state index in [1.807, 2.05) is 0 Å². The minimum atomic E-state index is -3.77. The predicted octanol–water partition coefficient (Wildman–Crippen LogP) is -3.87. The Balaban J connectivity index is 0.000000136. The summed E-state index contributed by atoms with van der Waals surface area (Å²) in [7, 11) is -22.2. The first-order valence-corrected chi connectivity index (χ1v) is 50.9. The van der Waals surface area contributed by atoms with E-state index in [0.717, 1.165) is 0 Å². The van der Waals surface area contributed by atoms with Crippen molar-refractivity contribution in [2.45, 2.75) is 304 Å². The Kier molecular flexibility index (Phi) is 27.3. The Hall–Kier alpha value is -8.70. The van der Waals surface area contributed by atoms with Crippen LogP contribution in [-0.2, 0) is 200 Å². The van der Waals surface area contributed by atoms with Gasteiger partial charge in [-0.2, -0.15) is 50.5 Å². The van der Waals surface area contributed by atoms with E-state index in [4.69, 9.17) is 81.9 Å². The second kappa shape index (κ2) is 35.6. The molecule has 18 aliphatic heterocycles. The molecular weight excluding hydrogens is 1910 g/mol. The van der Waals surface area contributed by atoms with E-state index in [9.17, 15) is 108 Å². The van der Waals surface area contributed by atoms with Gasteiger partial charge in [-0.25, -0.2) is 0 Å². The van der Waals surface area contributed by atoms with Crippen LogP contribution in [0.4, 0.5) is 0 Å². The molecule has 12 bridgehead atoms. The number of carbonyl (C=O) groups is 12. The molecule has 31 atom stereocenters. The number of fused-ring (bicyclic) bond motifs is 6. The van der Waals surface area contributed by atoms with Crippen molar-refractivity contribution in [3.8, 4) is 0 Å². The van der Waals surface area contributed by atoms with Gasteiger partial charge >= 0.3 is 35.8 Å². The number of nitrogens with one attached hydrogen (secondary N) is 6. The molecule has 0 aromatic carbocycles. The molecule has 0 aromatic heterocycles. The highest BCUT2D eigenvalue weighted by molar-refractivity contribution is 7.89. The molecule has 18 fully saturated rings. The van der Waals surface area contributed by atoms with Crippen molar-refractivity contribution >= 4 is 132 Å². The van der Waals surface area contributed by atoms with Crippen molar-refractivity contribution in [1.82, 2.24) is 31.9 Å². The summed E-state index contributed by atoms with van der Waals surface area (Å²) in [6, 6.07) is 0. The fourth-order valence-corrected chi connectivity index (χ4v) is 31.2. The summed E-state index contributed by atoms with van der Waals surface area (Å²) in [4.78, 5) is 140. The van der Waals surface area contributed by atoms with Gasteiger partial charge in [0.1, 0.15) is 155 Å². The Morgan fingerprint density at radius 2 is 0.806 bits per heavy atom. The van der Waals surface area contributed by atoms with Gasteiger partial charge in [0.05, 0.1) is 12.2 Å². The van der Waals surface area contributed by atoms with Gasteiger partial charge in [-0.05, 0) is 109 Å². The molecule has 6 amide bonds. The first-order chi connectivity index (χ1) is 61.7. The lowest BCUT2D eigenvalue weighted by molar-refractivity contribution is -0.193. The third kappa shape index (κ3) is 18.2. The highest BCUT2D eigenvalue weighted by Gasteiger charge is 2.84. The summed E-state index contributed by atoms with van der Waals surface area (Å²) < 4.78 is 240. The van der Waals surface area contributed by atoms with Crippen LogP contribution in [0.25, 0.3) is 0 Å². The number of hydrogen-bond donors (Lipinski definition) is 6. The number of ether oxygens (including phenoxy) is 12. The summed E-state index contributed by atoms with van der Waals surface area (Å²) in [5, 5.41) is 9.96. The molecule has 0 radical (unpaired) electrons. The van der Waals surface area contributed by atoms with Crippen LogP contribution in [0.5, 0.6) is 0 Å². The Labute approximate surface area is 771 Å². The maximum absolute atomic E-state index is 12.2. The standard InChI is InChI=1S/C15H21NO7S.5C13H17NO7S/c1-8(2)12(18)16-7-10(17)21-15(5)13(3)6-9-11(22-13)14(15,4)23-24(9,19)20;1-6(2)12(16)14-5-8(15)19-11-10-9-7(22(17,18)21-10)4-13(11,3)20-9;1-6(2)12(16)14-5-9(15)19-10-7-4-8-13(3,20-7)11(10)21-22(8,17)18;1-6(2)12(16)14-5-9(15)20-13(3)8-4-7-10(19-8)11(13)21-22(7,17)18;1-6(2)12(16)14-5-9(15)20-10-7-4-8-11(19-7)13(10,3)21-22(8,17)18;1-5(2)13(16)14-4-7(15)19-9-8-6(3)12-11(20-8)10(9)21-22(12,17)18/h9,11H,1,6-7H2,2-5H3,(H,16,18);7,9-11H,1,4-5H2,2-3H3,(H,14,16);3*7-8,10-11H,1,4-5H2,2-3H3,(H,14,16);6,8-12H,1,4H2,2-3H3,(H,14,16). The summed E-state index contributed by atoms with van der Waals surface area (Å²) in [6.07, 6.45) is -10.4. The van der Waals surface area contributed by atoms with Gasteiger partial charge in [-0.3, -0.25) is 82.6 Å². The topological polar surface area (TPSA) is 648 Å². The smallest absolute Gasteiger partial charge is 0.326 e.